The van der Waals surface area contributed by atoms with Gasteiger partial charge in [0.25, 0.3) is 0 Å². The van der Waals surface area contributed by atoms with Crippen LogP contribution in [0.5, 0.6) is 0 Å². The highest BCUT2D eigenvalue weighted by atomic mass is 16.5. The van der Waals surface area contributed by atoms with Gasteiger partial charge in [0.1, 0.15) is 12.4 Å². The Balaban J connectivity index is 1.95. The molecular weight excluding hydrogens is 380 g/mol. The topological polar surface area (TPSA) is 76.5 Å². The largest absolute Gasteiger partial charge is 0.367 e. The second-order valence-corrected chi connectivity index (χ2v) is 8.98. The van der Waals surface area contributed by atoms with Crippen molar-refractivity contribution >= 4 is 17.6 Å². The van der Waals surface area contributed by atoms with Crippen molar-refractivity contribution in [1.82, 2.24) is 14.7 Å². The van der Waals surface area contributed by atoms with Crippen molar-refractivity contribution in [1.29, 1.82) is 0 Å². The second-order valence-electron chi connectivity index (χ2n) is 8.98. The first-order valence-electron chi connectivity index (χ1n) is 10.3. The molecule has 0 aliphatic heterocycles. The number of amides is 2. The molecule has 0 saturated carbocycles. The zero-order chi connectivity index (χ0) is 22.3. The van der Waals surface area contributed by atoms with Crippen LogP contribution in [0.2, 0.25) is 0 Å². The summed E-state index contributed by atoms with van der Waals surface area (Å²) >= 11 is 0. The Labute approximate surface area is 179 Å². The Kier molecular flexibility index (Phi) is 8.17. The number of hydrogen-bond donors (Lipinski definition) is 1. The van der Waals surface area contributed by atoms with E-state index in [4.69, 9.17) is 4.74 Å². The van der Waals surface area contributed by atoms with Crippen LogP contribution in [-0.2, 0) is 33.4 Å². The summed E-state index contributed by atoms with van der Waals surface area (Å²) in [5.74, 6) is 0.396. The number of carbonyl (C=O) groups excluding carboxylic acids is 2. The summed E-state index contributed by atoms with van der Waals surface area (Å²) in [4.78, 5) is 26.8. The Hall–Kier alpha value is -2.67. The minimum absolute atomic E-state index is 0.0261. The first-order chi connectivity index (χ1) is 14.1. The van der Waals surface area contributed by atoms with E-state index in [0.717, 1.165) is 11.3 Å². The highest BCUT2D eigenvalue weighted by molar-refractivity contribution is 5.94. The van der Waals surface area contributed by atoms with E-state index < -0.39 is 0 Å². The van der Waals surface area contributed by atoms with Crippen LogP contribution in [0.25, 0.3) is 0 Å². The van der Waals surface area contributed by atoms with Crippen LogP contribution in [0.3, 0.4) is 0 Å². The molecule has 1 heterocycles. The van der Waals surface area contributed by atoms with Gasteiger partial charge in [-0.3, -0.25) is 14.3 Å². The van der Waals surface area contributed by atoms with E-state index in [9.17, 15) is 9.59 Å². The Bertz CT molecular complexity index is 838. The molecule has 7 heteroatoms. The number of rotatable bonds is 9. The SMILES string of the molecule is CC(C)CN(CC(=O)Nc1cc(C(C)(C)C)nn1C)C(=O)COCc1ccccc1. The Morgan fingerprint density at radius 3 is 2.43 bits per heavy atom. The van der Waals surface area contributed by atoms with Crippen LogP contribution < -0.4 is 5.32 Å². The van der Waals surface area contributed by atoms with E-state index in [1.165, 1.54) is 0 Å². The second kappa shape index (κ2) is 10.4. The third-order valence-corrected chi connectivity index (χ3v) is 4.53. The van der Waals surface area contributed by atoms with E-state index >= 15 is 0 Å². The average Bonchev–Trinajstić information content (AvgIpc) is 3.02. The lowest BCUT2D eigenvalue weighted by Crippen LogP contribution is -2.42. The van der Waals surface area contributed by atoms with Gasteiger partial charge in [-0.25, -0.2) is 0 Å². The predicted octanol–water partition coefficient (Wildman–Crippen LogP) is 3.36. The Morgan fingerprint density at radius 2 is 1.87 bits per heavy atom. The van der Waals surface area contributed by atoms with E-state index in [-0.39, 0.29) is 36.3 Å². The van der Waals surface area contributed by atoms with E-state index in [2.05, 4.69) is 31.2 Å². The lowest BCUT2D eigenvalue weighted by atomic mass is 9.92. The van der Waals surface area contributed by atoms with E-state index in [1.54, 1.807) is 16.6 Å². The van der Waals surface area contributed by atoms with Gasteiger partial charge in [-0.05, 0) is 11.5 Å². The molecule has 30 heavy (non-hydrogen) atoms. The summed E-state index contributed by atoms with van der Waals surface area (Å²) in [5.41, 5.74) is 1.78. The van der Waals surface area contributed by atoms with Crippen molar-refractivity contribution in [2.45, 2.75) is 46.6 Å². The van der Waals surface area contributed by atoms with Crippen molar-refractivity contribution in [3.63, 3.8) is 0 Å². The quantitative estimate of drug-likeness (QED) is 0.683. The summed E-state index contributed by atoms with van der Waals surface area (Å²) in [6.45, 7) is 11.0. The molecule has 1 aromatic carbocycles. The van der Waals surface area contributed by atoms with E-state index in [1.807, 2.05) is 50.2 Å². The van der Waals surface area contributed by atoms with Crippen molar-refractivity contribution < 1.29 is 14.3 Å². The fourth-order valence-corrected chi connectivity index (χ4v) is 2.92. The molecule has 1 N–H and O–H groups in total. The molecule has 0 radical (unpaired) electrons. The van der Waals surface area contributed by atoms with Gasteiger partial charge in [-0.1, -0.05) is 65.0 Å². The molecule has 0 unspecified atom stereocenters. The van der Waals surface area contributed by atoms with Crippen molar-refractivity contribution in [2.75, 3.05) is 25.0 Å². The number of benzene rings is 1. The number of nitrogens with zero attached hydrogens (tertiary/aromatic N) is 3. The molecule has 0 spiro atoms. The maximum Gasteiger partial charge on any atom is 0.249 e. The maximum atomic E-state index is 12.7. The smallest absolute Gasteiger partial charge is 0.249 e. The van der Waals surface area contributed by atoms with Crippen LogP contribution in [0, 0.1) is 5.92 Å². The summed E-state index contributed by atoms with van der Waals surface area (Å²) in [6.07, 6.45) is 0. The third-order valence-electron chi connectivity index (χ3n) is 4.53. The van der Waals surface area contributed by atoms with Gasteiger partial charge in [0, 0.05) is 25.1 Å². The summed E-state index contributed by atoms with van der Waals surface area (Å²) in [5, 5.41) is 7.34. The molecule has 164 valence electrons. The van der Waals surface area contributed by atoms with Crippen LogP contribution in [-0.4, -0.2) is 46.2 Å². The molecular formula is C23H34N4O3. The molecule has 0 fully saturated rings. The molecule has 2 aromatic rings. The molecule has 2 amide bonds. The van der Waals surface area contributed by atoms with Crippen molar-refractivity contribution in [3.05, 3.63) is 47.7 Å². The molecule has 0 saturated heterocycles. The first-order valence-corrected chi connectivity index (χ1v) is 10.3. The maximum absolute atomic E-state index is 12.7. The Morgan fingerprint density at radius 1 is 1.20 bits per heavy atom. The highest BCUT2D eigenvalue weighted by Gasteiger charge is 2.22. The minimum atomic E-state index is -0.254. The molecule has 7 nitrogen and oxygen atoms in total. The van der Waals surface area contributed by atoms with Crippen molar-refractivity contribution in [3.8, 4) is 0 Å². The van der Waals surface area contributed by atoms with Crippen LogP contribution in [0.15, 0.2) is 36.4 Å². The van der Waals surface area contributed by atoms with Crippen LogP contribution >= 0.6 is 0 Å². The van der Waals surface area contributed by atoms with Gasteiger partial charge in [0.2, 0.25) is 11.8 Å². The summed E-state index contributed by atoms with van der Waals surface area (Å²) in [7, 11) is 1.79. The number of carbonyl (C=O) groups is 2. The molecule has 0 aliphatic rings. The molecule has 0 aliphatic carbocycles. The number of hydrogen-bond acceptors (Lipinski definition) is 4. The molecule has 1 aromatic heterocycles. The lowest BCUT2D eigenvalue weighted by molar-refractivity contribution is -0.139. The molecule has 2 rings (SSSR count). The zero-order valence-electron chi connectivity index (χ0n) is 18.9. The van der Waals surface area contributed by atoms with Crippen LogP contribution in [0.4, 0.5) is 5.82 Å². The minimum Gasteiger partial charge on any atom is -0.367 e. The van der Waals surface area contributed by atoms with Crippen molar-refractivity contribution in [2.24, 2.45) is 13.0 Å². The van der Waals surface area contributed by atoms with Gasteiger partial charge < -0.3 is 15.0 Å². The van der Waals surface area contributed by atoms with Gasteiger partial charge in [-0.2, -0.15) is 5.10 Å². The molecule has 0 atom stereocenters. The number of anilines is 1. The average molecular weight is 415 g/mol. The predicted molar refractivity (Wildman–Crippen MR) is 118 cm³/mol. The molecule has 0 bridgehead atoms. The van der Waals surface area contributed by atoms with Crippen LogP contribution in [0.1, 0.15) is 45.9 Å². The monoisotopic (exact) mass is 414 g/mol. The normalized spacial score (nSPS) is 11.6. The fraction of sp³-hybridized carbons (Fsp3) is 0.522. The summed E-state index contributed by atoms with van der Waals surface area (Å²) in [6, 6.07) is 11.6. The fourth-order valence-electron chi connectivity index (χ4n) is 2.92. The number of nitrogens with one attached hydrogen (secondary N) is 1. The number of aromatic nitrogens is 2. The summed E-state index contributed by atoms with van der Waals surface area (Å²) < 4.78 is 7.22. The number of ether oxygens (including phenoxy) is 1. The standard InChI is InChI=1S/C23H34N4O3/c1-17(2)13-27(22(29)16-30-15-18-10-8-7-9-11-18)14-21(28)24-20-12-19(23(3,4)5)25-26(20)6/h7-12,17H,13-16H2,1-6H3,(H,24,28). The van der Waals surface area contributed by atoms with Gasteiger partial charge >= 0.3 is 0 Å². The first kappa shape index (κ1) is 23.6. The zero-order valence-corrected chi connectivity index (χ0v) is 18.9. The van der Waals surface area contributed by atoms with Gasteiger partial charge in [0.15, 0.2) is 0 Å². The highest BCUT2D eigenvalue weighted by Crippen LogP contribution is 2.23. The van der Waals surface area contributed by atoms with Gasteiger partial charge in [0.05, 0.1) is 18.8 Å². The number of aryl methyl sites for hydroxylation is 1. The third kappa shape index (κ3) is 7.30. The lowest BCUT2D eigenvalue weighted by Gasteiger charge is -2.24. The van der Waals surface area contributed by atoms with E-state index in [0.29, 0.717) is 19.0 Å². The van der Waals surface area contributed by atoms with Gasteiger partial charge in [-0.15, -0.1) is 0 Å².